The zero-order chi connectivity index (χ0) is 16.1. The zero-order valence-corrected chi connectivity index (χ0v) is 13.2. The van der Waals surface area contributed by atoms with E-state index in [2.05, 4.69) is 14.9 Å². The summed E-state index contributed by atoms with van der Waals surface area (Å²) >= 11 is 0. The summed E-state index contributed by atoms with van der Waals surface area (Å²) in [5, 5.41) is 8.06. The maximum atomic E-state index is 12.0. The molecule has 22 heavy (non-hydrogen) atoms. The van der Waals surface area contributed by atoms with Crippen LogP contribution < -0.4 is 4.90 Å². The van der Waals surface area contributed by atoms with Crippen molar-refractivity contribution in [2.75, 3.05) is 38.2 Å². The van der Waals surface area contributed by atoms with E-state index in [0.29, 0.717) is 38.1 Å². The van der Waals surface area contributed by atoms with Gasteiger partial charge in [-0.05, 0) is 0 Å². The highest BCUT2D eigenvalue weighted by molar-refractivity contribution is 5.81. The van der Waals surface area contributed by atoms with Crippen molar-refractivity contribution in [2.24, 2.45) is 0 Å². The Morgan fingerprint density at radius 2 is 1.86 bits per heavy atom. The van der Waals surface area contributed by atoms with Crippen molar-refractivity contribution in [3.8, 4) is 0 Å². The average Bonchev–Trinajstić information content (AvgIpc) is 3.02. The highest BCUT2D eigenvalue weighted by atomic mass is 16.5. The third-order valence-electron chi connectivity index (χ3n) is 3.60. The molecule has 2 heterocycles. The van der Waals surface area contributed by atoms with Gasteiger partial charge in [-0.2, -0.15) is 0 Å². The van der Waals surface area contributed by atoms with Crippen LogP contribution >= 0.6 is 0 Å². The quantitative estimate of drug-likeness (QED) is 0.743. The number of hydrogen-bond donors (Lipinski definition) is 0. The van der Waals surface area contributed by atoms with Crippen molar-refractivity contribution in [1.82, 2.24) is 15.1 Å². The second-order valence-electron chi connectivity index (χ2n) is 5.52. The number of esters is 1. The van der Waals surface area contributed by atoms with Crippen LogP contribution in [0.15, 0.2) is 4.42 Å². The molecule has 1 aliphatic heterocycles. The SMILES string of the molecule is COC(=O)CCC(=O)N1CCN(c2nnc(C(C)C)o2)CC1. The van der Waals surface area contributed by atoms with Crippen molar-refractivity contribution in [3.63, 3.8) is 0 Å². The fourth-order valence-corrected chi connectivity index (χ4v) is 2.20. The zero-order valence-electron chi connectivity index (χ0n) is 13.2. The summed E-state index contributed by atoms with van der Waals surface area (Å²) < 4.78 is 10.2. The molecule has 0 saturated carbocycles. The fraction of sp³-hybridized carbons (Fsp3) is 0.714. The Morgan fingerprint density at radius 3 is 2.41 bits per heavy atom. The van der Waals surface area contributed by atoms with E-state index in [0.717, 1.165) is 0 Å². The van der Waals surface area contributed by atoms with Gasteiger partial charge in [0.15, 0.2) is 0 Å². The Labute approximate surface area is 129 Å². The monoisotopic (exact) mass is 310 g/mol. The van der Waals surface area contributed by atoms with Gasteiger partial charge in [-0.1, -0.05) is 18.9 Å². The van der Waals surface area contributed by atoms with E-state index < -0.39 is 0 Å². The summed E-state index contributed by atoms with van der Waals surface area (Å²) in [4.78, 5) is 26.8. The Kier molecular flexibility index (Phi) is 5.35. The summed E-state index contributed by atoms with van der Waals surface area (Å²) in [7, 11) is 1.32. The third kappa shape index (κ3) is 3.96. The summed E-state index contributed by atoms with van der Waals surface area (Å²) in [5.41, 5.74) is 0. The first-order valence-electron chi connectivity index (χ1n) is 7.44. The minimum absolute atomic E-state index is 0.0292. The molecule has 1 aliphatic rings. The van der Waals surface area contributed by atoms with Gasteiger partial charge < -0.3 is 19.0 Å². The first kappa shape index (κ1) is 16.3. The molecule has 2 rings (SSSR count). The molecule has 0 spiro atoms. The molecule has 0 atom stereocenters. The minimum Gasteiger partial charge on any atom is -0.469 e. The molecule has 0 aliphatic carbocycles. The van der Waals surface area contributed by atoms with Gasteiger partial charge in [-0.25, -0.2) is 0 Å². The lowest BCUT2D eigenvalue weighted by Crippen LogP contribution is -2.49. The number of hydrogen-bond acceptors (Lipinski definition) is 7. The van der Waals surface area contributed by atoms with E-state index in [1.807, 2.05) is 18.7 Å². The van der Waals surface area contributed by atoms with Crippen LogP contribution in [0, 0.1) is 0 Å². The van der Waals surface area contributed by atoms with Crippen LogP contribution in [-0.4, -0.2) is 60.3 Å². The van der Waals surface area contributed by atoms with E-state index in [9.17, 15) is 9.59 Å². The number of piperazine rings is 1. The topological polar surface area (TPSA) is 88.8 Å². The number of rotatable bonds is 5. The molecular weight excluding hydrogens is 288 g/mol. The molecule has 0 N–H and O–H groups in total. The molecule has 1 aromatic rings. The van der Waals surface area contributed by atoms with Crippen molar-refractivity contribution >= 4 is 17.9 Å². The molecule has 1 saturated heterocycles. The summed E-state index contributed by atoms with van der Waals surface area (Å²) in [6.45, 7) is 6.44. The number of amides is 1. The Bertz CT molecular complexity index is 521. The van der Waals surface area contributed by atoms with Gasteiger partial charge in [0.2, 0.25) is 11.8 Å². The highest BCUT2D eigenvalue weighted by Gasteiger charge is 2.24. The lowest BCUT2D eigenvalue weighted by atomic mass is 10.2. The Hall–Kier alpha value is -2.12. The van der Waals surface area contributed by atoms with Crippen LogP contribution in [0.1, 0.15) is 38.5 Å². The van der Waals surface area contributed by atoms with Crippen LogP contribution in [0.3, 0.4) is 0 Å². The van der Waals surface area contributed by atoms with E-state index in [-0.39, 0.29) is 30.6 Å². The van der Waals surface area contributed by atoms with Crippen LogP contribution in [0.25, 0.3) is 0 Å². The molecule has 0 radical (unpaired) electrons. The first-order chi connectivity index (χ1) is 10.5. The molecule has 0 aromatic carbocycles. The minimum atomic E-state index is -0.362. The lowest BCUT2D eigenvalue weighted by Gasteiger charge is -2.33. The number of carbonyl (C=O) groups excluding carboxylic acids is 2. The third-order valence-corrected chi connectivity index (χ3v) is 3.60. The van der Waals surface area contributed by atoms with Gasteiger partial charge in [0, 0.05) is 38.5 Å². The van der Waals surface area contributed by atoms with Crippen LogP contribution in [0.2, 0.25) is 0 Å². The number of aromatic nitrogens is 2. The van der Waals surface area contributed by atoms with Gasteiger partial charge in [-0.15, -0.1) is 5.10 Å². The van der Waals surface area contributed by atoms with E-state index in [1.54, 1.807) is 4.90 Å². The fourth-order valence-electron chi connectivity index (χ4n) is 2.20. The molecule has 1 fully saturated rings. The predicted octanol–water partition coefficient (Wildman–Crippen LogP) is 0.795. The van der Waals surface area contributed by atoms with E-state index >= 15 is 0 Å². The number of carbonyl (C=O) groups is 2. The van der Waals surface area contributed by atoms with Crippen molar-refractivity contribution < 1.29 is 18.7 Å². The smallest absolute Gasteiger partial charge is 0.318 e. The van der Waals surface area contributed by atoms with Crippen molar-refractivity contribution in [3.05, 3.63) is 5.89 Å². The Morgan fingerprint density at radius 1 is 1.18 bits per heavy atom. The van der Waals surface area contributed by atoms with Crippen molar-refractivity contribution in [2.45, 2.75) is 32.6 Å². The summed E-state index contributed by atoms with van der Waals surface area (Å²) in [6, 6.07) is 0.505. The second kappa shape index (κ2) is 7.24. The van der Waals surface area contributed by atoms with E-state index in [1.165, 1.54) is 7.11 Å². The highest BCUT2D eigenvalue weighted by Crippen LogP contribution is 2.19. The molecule has 8 nitrogen and oxygen atoms in total. The van der Waals surface area contributed by atoms with Gasteiger partial charge >= 0.3 is 12.0 Å². The lowest BCUT2D eigenvalue weighted by molar-refractivity contribution is -0.143. The Balaban J connectivity index is 1.82. The largest absolute Gasteiger partial charge is 0.469 e. The second-order valence-corrected chi connectivity index (χ2v) is 5.52. The number of nitrogens with zero attached hydrogens (tertiary/aromatic N) is 4. The van der Waals surface area contributed by atoms with Gasteiger partial charge in [0.1, 0.15) is 0 Å². The summed E-state index contributed by atoms with van der Waals surface area (Å²) in [5.74, 6) is 0.423. The maximum Gasteiger partial charge on any atom is 0.318 e. The average molecular weight is 310 g/mol. The summed E-state index contributed by atoms with van der Waals surface area (Å²) in [6.07, 6.45) is 0.307. The van der Waals surface area contributed by atoms with Crippen LogP contribution in [0.4, 0.5) is 6.01 Å². The molecule has 8 heteroatoms. The molecule has 1 aromatic heterocycles. The van der Waals surface area contributed by atoms with Crippen LogP contribution in [-0.2, 0) is 14.3 Å². The number of anilines is 1. The van der Waals surface area contributed by atoms with Gasteiger partial charge in [0.25, 0.3) is 0 Å². The normalized spacial score (nSPS) is 15.3. The van der Waals surface area contributed by atoms with Gasteiger partial charge in [0.05, 0.1) is 13.5 Å². The first-order valence-corrected chi connectivity index (χ1v) is 7.44. The van der Waals surface area contributed by atoms with Crippen LogP contribution in [0.5, 0.6) is 0 Å². The molecular formula is C14H22N4O4. The molecule has 122 valence electrons. The van der Waals surface area contributed by atoms with Gasteiger partial charge in [-0.3, -0.25) is 9.59 Å². The standard InChI is InChI=1S/C14H22N4O4/c1-10(2)13-15-16-14(22-13)18-8-6-17(7-9-18)11(19)4-5-12(20)21-3/h10H,4-9H2,1-3H3. The number of ether oxygens (including phenoxy) is 1. The predicted molar refractivity (Wildman–Crippen MR) is 78.4 cm³/mol. The molecule has 0 bridgehead atoms. The molecule has 0 unspecified atom stereocenters. The number of methoxy groups -OCH3 is 1. The van der Waals surface area contributed by atoms with E-state index in [4.69, 9.17) is 4.42 Å². The van der Waals surface area contributed by atoms with Crippen molar-refractivity contribution in [1.29, 1.82) is 0 Å². The molecule has 1 amide bonds. The maximum absolute atomic E-state index is 12.0.